The minimum Gasteiger partial charge on any atom is -0.479 e. The Balaban J connectivity index is 2.69. The summed E-state index contributed by atoms with van der Waals surface area (Å²) in [6.45, 7) is 7.35. The number of aliphatic carboxylic acids is 1. The van der Waals surface area contributed by atoms with Crippen LogP contribution in [0.15, 0.2) is 0 Å². The molecule has 5 nitrogen and oxygen atoms in total. The summed E-state index contributed by atoms with van der Waals surface area (Å²) in [6.07, 6.45) is 3.17. The monoisotopic (exact) mass is 271 g/mol. The van der Waals surface area contributed by atoms with E-state index in [-0.39, 0.29) is 18.4 Å². The van der Waals surface area contributed by atoms with Gasteiger partial charge in [0.25, 0.3) is 0 Å². The van der Waals surface area contributed by atoms with Gasteiger partial charge in [0, 0.05) is 0 Å². The van der Waals surface area contributed by atoms with Gasteiger partial charge in [0.2, 0.25) is 5.91 Å². The summed E-state index contributed by atoms with van der Waals surface area (Å²) in [6, 6.07) is 0. The molecule has 1 fully saturated rings. The maximum atomic E-state index is 11.9. The molecule has 2 unspecified atom stereocenters. The Labute approximate surface area is 114 Å². The van der Waals surface area contributed by atoms with Gasteiger partial charge in [-0.3, -0.25) is 4.79 Å². The summed E-state index contributed by atoms with van der Waals surface area (Å²) < 4.78 is 5.39. The number of hydrogen-bond donors (Lipinski definition) is 2. The van der Waals surface area contributed by atoms with Gasteiger partial charge in [-0.15, -0.1) is 0 Å². The van der Waals surface area contributed by atoms with Crippen molar-refractivity contribution in [2.24, 2.45) is 5.92 Å². The van der Waals surface area contributed by atoms with Crippen molar-refractivity contribution in [2.45, 2.75) is 64.5 Å². The molecule has 2 atom stereocenters. The molecule has 0 radical (unpaired) electrons. The third-order valence-corrected chi connectivity index (χ3v) is 3.68. The number of carbonyl (C=O) groups is 2. The summed E-state index contributed by atoms with van der Waals surface area (Å²) in [7, 11) is 0. The van der Waals surface area contributed by atoms with E-state index in [1.54, 1.807) is 0 Å². The number of ether oxygens (including phenoxy) is 1. The predicted octanol–water partition coefficient (Wildman–Crippen LogP) is 1.95. The summed E-state index contributed by atoms with van der Waals surface area (Å²) in [5.41, 5.74) is -1.54. The molecule has 0 bridgehead atoms. The highest BCUT2D eigenvalue weighted by molar-refractivity contribution is 5.88. The van der Waals surface area contributed by atoms with Crippen LogP contribution in [0.3, 0.4) is 0 Å². The Kier molecular flexibility index (Phi) is 4.96. The van der Waals surface area contributed by atoms with Crippen molar-refractivity contribution in [3.8, 4) is 0 Å². The summed E-state index contributed by atoms with van der Waals surface area (Å²) in [5.74, 6) is -1.35. The molecule has 19 heavy (non-hydrogen) atoms. The van der Waals surface area contributed by atoms with Gasteiger partial charge >= 0.3 is 5.97 Å². The number of hydrogen-bond acceptors (Lipinski definition) is 3. The van der Waals surface area contributed by atoms with Crippen LogP contribution in [-0.2, 0) is 14.3 Å². The van der Waals surface area contributed by atoms with E-state index < -0.39 is 17.1 Å². The highest BCUT2D eigenvalue weighted by Gasteiger charge is 2.46. The molecule has 1 saturated carbocycles. The SMILES string of the molecule is CC1CCCCC1(NC(=O)COC(C)(C)C)C(=O)O. The lowest BCUT2D eigenvalue weighted by molar-refractivity contribution is -0.153. The van der Waals surface area contributed by atoms with Crippen molar-refractivity contribution in [3.05, 3.63) is 0 Å². The zero-order valence-corrected chi connectivity index (χ0v) is 12.3. The van der Waals surface area contributed by atoms with Gasteiger partial charge in [0.15, 0.2) is 0 Å². The molecule has 0 saturated heterocycles. The highest BCUT2D eigenvalue weighted by atomic mass is 16.5. The maximum absolute atomic E-state index is 11.9. The lowest BCUT2D eigenvalue weighted by Gasteiger charge is -2.39. The third-order valence-electron chi connectivity index (χ3n) is 3.68. The van der Waals surface area contributed by atoms with Crippen molar-refractivity contribution in [1.29, 1.82) is 0 Å². The number of rotatable bonds is 4. The van der Waals surface area contributed by atoms with Gasteiger partial charge in [-0.2, -0.15) is 0 Å². The van der Waals surface area contributed by atoms with Gasteiger partial charge in [0.05, 0.1) is 5.60 Å². The standard InChI is InChI=1S/C14H25NO4/c1-10-7-5-6-8-14(10,12(17)18)15-11(16)9-19-13(2,3)4/h10H,5-9H2,1-4H3,(H,15,16)(H,17,18). The molecule has 2 N–H and O–H groups in total. The van der Waals surface area contributed by atoms with Crippen LogP contribution in [0.5, 0.6) is 0 Å². The van der Waals surface area contributed by atoms with Gasteiger partial charge in [-0.1, -0.05) is 19.8 Å². The smallest absolute Gasteiger partial charge is 0.329 e. The third kappa shape index (κ3) is 4.20. The maximum Gasteiger partial charge on any atom is 0.329 e. The first-order chi connectivity index (χ1) is 8.67. The van der Waals surface area contributed by atoms with Crippen molar-refractivity contribution >= 4 is 11.9 Å². The number of carboxylic acid groups (broad SMARTS) is 1. The molecule has 0 aromatic heterocycles. The van der Waals surface area contributed by atoms with Crippen molar-refractivity contribution in [2.75, 3.05) is 6.61 Å². The molecule has 0 heterocycles. The molecular formula is C14H25NO4. The Morgan fingerprint density at radius 3 is 2.47 bits per heavy atom. The van der Waals surface area contributed by atoms with E-state index in [2.05, 4.69) is 5.32 Å². The second kappa shape index (κ2) is 5.90. The first kappa shape index (κ1) is 16.0. The van der Waals surface area contributed by atoms with Crippen molar-refractivity contribution < 1.29 is 19.4 Å². The first-order valence-corrected chi connectivity index (χ1v) is 6.86. The molecule has 0 spiro atoms. The van der Waals surface area contributed by atoms with Gasteiger partial charge < -0.3 is 15.2 Å². The zero-order valence-electron chi connectivity index (χ0n) is 12.3. The number of carboxylic acids is 1. The van der Waals surface area contributed by atoms with Crippen LogP contribution < -0.4 is 5.32 Å². The van der Waals surface area contributed by atoms with E-state index in [1.165, 1.54) is 0 Å². The fourth-order valence-corrected chi connectivity index (χ4v) is 2.47. The Morgan fingerprint density at radius 1 is 1.37 bits per heavy atom. The molecule has 5 heteroatoms. The fourth-order valence-electron chi connectivity index (χ4n) is 2.47. The van der Waals surface area contributed by atoms with E-state index in [9.17, 15) is 14.7 Å². The van der Waals surface area contributed by atoms with E-state index in [0.717, 1.165) is 19.3 Å². The van der Waals surface area contributed by atoms with Crippen LogP contribution in [0.25, 0.3) is 0 Å². The summed E-state index contributed by atoms with van der Waals surface area (Å²) >= 11 is 0. The van der Waals surface area contributed by atoms with Crippen LogP contribution in [0.4, 0.5) is 0 Å². The molecule has 0 aromatic carbocycles. The minimum atomic E-state index is -1.13. The van der Waals surface area contributed by atoms with Crippen LogP contribution in [0.1, 0.15) is 53.4 Å². The zero-order chi connectivity index (χ0) is 14.7. The van der Waals surface area contributed by atoms with E-state index in [1.807, 2.05) is 27.7 Å². The summed E-state index contributed by atoms with van der Waals surface area (Å²) in [4.78, 5) is 23.5. The number of carbonyl (C=O) groups excluding carboxylic acids is 1. The molecule has 1 aliphatic rings. The van der Waals surface area contributed by atoms with Gasteiger partial charge in [0.1, 0.15) is 12.1 Å². The largest absolute Gasteiger partial charge is 0.479 e. The first-order valence-electron chi connectivity index (χ1n) is 6.86. The second-order valence-electron chi connectivity index (χ2n) is 6.37. The fraction of sp³-hybridized carbons (Fsp3) is 0.857. The number of amides is 1. The molecule has 0 aliphatic heterocycles. The lowest BCUT2D eigenvalue weighted by atomic mass is 9.73. The van der Waals surface area contributed by atoms with E-state index in [0.29, 0.717) is 6.42 Å². The lowest BCUT2D eigenvalue weighted by Crippen LogP contribution is -2.60. The van der Waals surface area contributed by atoms with Crippen LogP contribution in [-0.4, -0.2) is 34.7 Å². The van der Waals surface area contributed by atoms with E-state index in [4.69, 9.17) is 4.74 Å². The molecule has 1 rings (SSSR count). The summed E-state index contributed by atoms with van der Waals surface area (Å²) in [5, 5.41) is 12.2. The molecule has 1 amide bonds. The predicted molar refractivity (Wildman–Crippen MR) is 71.8 cm³/mol. The molecular weight excluding hydrogens is 246 g/mol. The van der Waals surface area contributed by atoms with Crippen LogP contribution >= 0.6 is 0 Å². The van der Waals surface area contributed by atoms with Crippen LogP contribution in [0.2, 0.25) is 0 Å². The van der Waals surface area contributed by atoms with Crippen molar-refractivity contribution in [1.82, 2.24) is 5.32 Å². The quantitative estimate of drug-likeness (QED) is 0.819. The second-order valence-corrected chi connectivity index (χ2v) is 6.37. The average molecular weight is 271 g/mol. The van der Waals surface area contributed by atoms with Crippen LogP contribution in [0, 0.1) is 5.92 Å². The molecule has 1 aliphatic carbocycles. The average Bonchev–Trinajstić information content (AvgIpc) is 2.28. The van der Waals surface area contributed by atoms with Crippen molar-refractivity contribution in [3.63, 3.8) is 0 Å². The minimum absolute atomic E-state index is 0.0580. The Bertz CT molecular complexity index is 348. The highest BCUT2D eigenvalue weighted by Crippen LogP contribution is 2.33. The number of nitrogens with one attached hydrogen (secondary N) is 1. The Hall–Kier alpha value is -1.10. The van der Waals surface area contributed by atoms with Gasteiger partial charge in [-0.25, -0.2) is 4.79 Å². The Morgan fingerprint density at radius 2 is 2.00 bits per heavy atom. The van der Waals surface area contributed by atoms with Gasteiger partial charge in [-0.05, 0) is 39.5 Å². The van der Waals surface area contributed by atoms with E-state index >= 15 is 0 Å². The molecule has 0 aromatic rings. The molecule has 110 valence electrons. The normalized spacial score (nSPS) is 27.9. The topological polar surface area (TPSA) is 75.6 Å².